The number of carbonyl (C=O) groups is 1. The molecular formula is C19H19ClN2O4S2. The summed E-state index contributed by atoms with van der Waals surface area (Å²) in [5.41, 5.74) is 1.20. The Hall–Kier alpha value is -1.87. The van der Waals surface area contributed by atoms with E-state index in [-0.39, 0.29) is 17.6 Å². The van der Waals surface area contributed by atoms with Gasteiger partial charge in [0.1, 0.15) is 4.88 Å². The van der Waals surface area contributed by atoms with Crippen LogP contribution in [0.2, 0.25) is 5.02 Å². The molecule has 1 saturated heterocycles. The Morgan fingerprint density at radius 2 is 2.07 bits per heavy atom. The number of thiophene rings is 1. The highest BCUT2D eigenvalue weighted by molar-refractivity contribution is 7.97. The smallest absolute Gasteiger partial charge is 0.270 e. The van der Waals surface area contributed by atoms with Crippen molar-refractivity contribution in [2.24, 2.45) is 0 Å². The lowest BCUT2D eigenvalue weighted by molar-refractivity contribution is 0.104. The van der Waals surface area contributed by atoms with Crippen LogP contribution < -0.4 is 9.62 Å². The van der Waals surface area contributed by atoms with Crippen LogP contribution in [-0.4, -0.2) is 33.5 Å². The van der Waals surface area contributed by atoms with Crippen molar-refractivity contribution in [2.75, 3.05) is 17.5 Å². The van der Waals surface area contributed by atoms with E-state index in [1.54, 1.807) is 35.7 Å². The molecule has 3 heterocycles. The van der Waals surface area contributed by atoms with Crippen molar-refractivity contribution in [3.8, 4) is 0 Å². The summed E-state index contributed by atoms with van der Waals surface area (Å²) >= 11 is 7.17. The predicted molar refractivity (Wildman–Crippen MR) is 110 cm³/mol. The Morgan fingerprint density at radius 1 is 1.29 bits per heavy atom. The van der Waals surface area contributed by atoms with Crippen LogP contribution in [0.25, 0.3) is 0 Å². The van der Waals surface area contributed by atoms with E-state index in [4.69, 9.17) is 16.3 Å². The Morgan fingerprint density at radius 3 is 2.79 bits per heavy atom. The van der Waals surface area contributed by atoms with Gasteiger partial charge in [0.05, 0.1) is 18.3 Å². The van der Waals surface area contributed by atoms with E-state index in [9.17, 15) is 13.2 Å². The molecule has 1 aromatic carbocycles. The van der Waals surface area contributed by atoms with Crippen LogP contribution in [0, 0.1) is 0 Å². The van der Waals surface area contributed by atoms with Gasteiger partial charge in [0, 0.05) is 24.4 Å². The van der Waals surface area contributed by atoms with Gasteiger partial charge in [-0.3, -0.25) is 9.10 Å². The van der Waals surface area contributed by atoms with E-state index in [2.05, 4.69) is 5.32 Å². The maximum absolute atomic E-state index is 13.2. The van der Waals surface area contributed by atoms with Gasteiger partial charge >= 0.3 is 0 Å². The van der Waals surface area contributed by atoms with Gasteiger partial charge in [-0.25, -0.2) is 8.42 Å². The zero-order chi connectivity index (χ0) is 19.7. The van der Waals surface area contributed by atoms with Gasteiger partial charge in [0.2, 0.25) is 5.78 Å². The van der Waals surface area contributed by atoms with Crippen molar-refractivity contribution >= 4 is 44.4 Å². The molecule has 148 valence electrons. The fraction of sp³-hybridized carbons (Fsp3) is 0.316. The molecular weight excluding hydrogens is 420 g/mol. The number of Topliss-reactive ketones (excluding diaryl/α,β-unsaturated/α-hetero) is 1. The van der Waals surface area contributed by atoms with Crippen LogP contribution in [0.3, 0.4) is 0 Å². The number of ketones is 1. The molecule has 0 bridgehead atoms. The van der Waals surface area contributed by atoms with Crippen molar-refractivity contribution in [3.05, 3.63) is 62.3 Å². The standard InChI is InChI=1S/C19H19ClN2O4S2/c20-14-5-3-13(4-6-14)12-22-16-7-9-27-19(16)18(23)17(28(22,24)25)11-21-10-15-2-1-8-26-15/h3-7,9,11,15,21H,1-2,8,10,12H2. The number of anilines is 1. The normalized spacial score (nSPS) is 22.5. The number of allylic oxidation sites excluding steroid dienone is 1. The quantitative estimate of drug-likeness (QED) is 0.722. The fourth-order valence-electron chi connectivity index (χ4n) is 3.30. The SMILES string of the molecule is O=C1C(=CNCC2CCCO2)S(=O)(=O)N(Cc2ccc(Cl)cc2)c2ccsc21. The maximum atomic E-state index is 13.2. The highest BCUT2D eigenvalue weighted by Crippen LogP contribution is 2.39. The van der Waals surface area contributed by atoms with Gasteiger partial charge in [0.25, 0.3) is 10.0 Å². The number of nitrogens with zero attached hydrogens (tertiary/aromatic N) is 1. The number of nitrogens with one attached hydrogen (secondary N) is 1. The summed E-state index contributed by atoms with van der Waals surface area (Å²) in [6.45, 7) is 1.31. The van der Waals surface area contributed by atoms with Crippen LogP contribution in [0.4, 0.5) is 5.69 Å². The van der Waals surface area contributed by atoms with Gasteiger partial charge in [-0.05, 0) is 42.0 Å². The third-order valence-corrected chi connectivity index (χ3v) is 7.67. The van der Waals surface area contributed by atoms with E-state index < -0.39 is 15.8 Å². The first-order valence-corrected chi connectivity index (χ1v) is 11.6. The van der Waals surface area contributed by atoms with E-state index in [0.29, 0.717) is 28.7 Å². The summed E-state index contributed by atoms with van der Waals surface area (Å²) < 4.78 is 33.3. The summed E-state index contributed by atoms with van der Waals surface area (Å²) in [7, 11) is -3.99. The summed E-state index contributed by atoms with van der Waals surface area (Å²) in [5, 5.41) is 5.28. The molecule has 2 aliphatic rings. The molecule has 0 radical (unpaired) electrons. The molecule has 0 aliphatic carbocycles. The number of carbonyl (C=O) groups excluding carboxylic acids is 1. The number of sulfonamides is 1. The van der Waals surface area contributed by atoms with Crippen LogP contribution in [-0.2, 0) is 21.3 Å². The number of fused-ring (bicyclic) bond motifs is 1. The molecule has 4 rings (SSSR count). The van der Waals surface area contributed by atoms with Gasteiger partial charge in [-0.1, -0.05) is 23.7 Å². The molecule has 2 aromatic rings. The Bertz CT molecular complexity index is 1010. The molecule has 9 heteroatoms. The highest BCUT2D eigenvalue weighted by Gasteiger charge is 2.41. The largest absolute Gasteiger partial charge is 0.387 e. The maximum Gasteiger partial charge on any atom is 0.270 e. The average molecular weight is 439 g/mol. The molecule has 2 aliphatic heterocycles. The van der Waals surface area contributed by atoms with E-state index in [1.165, 1.54) is 21.8 Å². The van der Waals surface area contributed by atoms with E-state index in [0.717, 1.165) is 18.4 Å². The number of ether oxygens (including phenoxy) is 1. The average Bonchev–Trinajstić information content (AvgIpc) is 3.35. The first-order valence-electron chi connectivity index (χ1n) is 8.91. The fourth-order valence-corrected chi connectivity index (χ4v) is 5.93. The van der Waals surface area contributed by atoms with Gasteiger partial charge in [0.15, 0.2) is 4.91 Å². The summed E-state index contributed by atoms with van der Waals surface area (Å²) in [6.07, 6.45) is 3.28. The molecule has 6 nitrogen and oxygen atoms in total. The van der Waals surface area contributed by atoms with Crippen molar-refractivity contribution < 1.29 is 17.9 Å². The molecule has 1 aromatic heterocycles. The second kappa shape index (κ2) is 7.87. The van der Waals surface area contributed by atoms with Gasteiger partial charge < -0.3 is 10.1 Å². The minimum Gasteiger partial charge on any atom is -0.387 e. The molecule has 28 heavy (non-hydrogen) atoms. The molecule has 0 spiro atoms. The third-order valence-electron chi connectivity index (χ3n) is 4.75. The van der Waals surface area contributed by atoms with E-state index in [1.807, 2.05) is 0 Å². The second-order valence-corrected chi connectivity index (χ2v) is 9.84. The van der Waals surface area contributed by atoms with Crippen LogP contribution >= 0.6 is 22.9 Å². The number of rotatable bonds is 5. The lowest BCUT2D eigenvalue weighted by atomic mass is 10.2. The Kier molecular flexibility index (Phi) is 5.46. The van der Waals surface area contributed by atoms with Crippen molar-refractivity contribution in [2.45, 2.75) is 25.5 Å². The zero-order valence-electron chi connectivity index (χ0n) is 14.9. The van der Waals surface area contributed by atoms with Crippen molar-refractivity contribution in [3.63, 3.8) is 0 Å². The summed E-state index contributed by atoms with van der Waals surface area (Å²) in [6, 6.07) is 8.65. The van der Waals surface area contributed by atoms with Crippen molar-refractivity contribution in [1.29, 1.82) is 0 Å². The van der Waals surface area contributed by atoms with E-state index >= 15 is 0 Å². The van der Waals surface area contributed by atoms with Gasteiger partial charge in [-0.2, -0.15) is 0 Å². The monoisotopic (exact) mass is 438 g/mol. The number of benzene rings is 1. The van der Waals surface area contributed by atoms with Crippen LogP contribution in [0.1, 0.15) is 28.1 Å². The molecule has 0 saturated carbocycles. The number of hydrogen-bond donors (Lipinski definition) is 1. The number of hydrogen-bond acceptors (Lipinski definition) is 6. The molecule has 0 amide bonds. The predicted octanol–water partition coefficient (Wildman–Crippen LogP) is 3.54. The minimum absolute atomic E-state index is 0.0423. The summed E-state index contributed by atoms with van der Waals surface area (Å²) in [5.74, 6) is -0.475. The van der Waals surface area contributed by atoms with Gasteiger partial charge in [-0.15, -0.1) is 11.3 Å². The topological polar surface area (TPSA) is 75.7 Å². The minimum atomic E-state index is -3.99. The molecule has 1 N–H and O–H groups in total. The zero-order valence-corrected chi connectivity index (χ0v) is 17.3. The van der Waals surface area contributed by atoms with Crippen LogP contribution in [0.5, 0.6) is 0 Å². The first kappa shape index (κ1) is 19.4. The number of halogens is 1. The molecule has 1 atom stereocenters. The third kappa shape index (κ3) is 3.69. The molecule has 1 fully saturated rings. The Labute approximate surface area is 172 Å². The molecule has 1 unspecified atom stereocenters. The second-order valence-electron chi connectivity index (χ2n) is 6.65. The summed E-state index contributed by atoms with van der Waals surface area (Å²) in [4.78, 5) is 13.0. The lowest BCUT2D eigenvalue weighted by Gasteiger charge is -2.29. The van der Waals surface area contributed by atoms with Crippen molar-refractivity contribution in [1.82, 2.24) is 5.32 Å². The lowest BCUT2D eigenvalue weighted by Crippen LogP contribution is -2.39. The first-order chi connectivity index (χ1) is 13.5. The Balaban J connectivity index is 1.64. The van der Waals surface area contributed by atoms with Crippen LogP contribution in [0.15, 0.2) is 46.8 Å². The highest BCUT2D eigenvalue weighted by atomic mass is 35.5.